The number of nitrogens with zero attached hydrogens (tertiary/aromatic N) is 1. The van der Waals surface area contributed by atoms with Crippen molar-refractivity contribution in [1.82, 2.24) is 9.55 Å². The Hall–Kier alpha value is -0.640. The van der Waals surface area contributed by atoms with Crippen molar-refractivity contribution < 1.29 is 60.6 Å². The Morgan fingerprint density at radius 1 is 1.27 bits per heavy atom. The van der Waals surface area contributed by atoms with Gasteiger partial charge in [-0.15, -0.1) is 0 Å². The highest BCUT2D eigenvalue weighted by molar-refractivity contribution is 7.71. The maximum Gasteiger partial charge on any atom is 0.490 e. The summed E-state index contributed by atoms with van der Waals surface area (Å²) in [6.45, 7) is -0.223. The van der Waals surface area contributed by atoms with Gasteiger partial charge in [-0.05, 0) is 13.0 Å². The maximum absolute atomic E-state index is 15.0. The van der Waals surface area contributed by atoms with Crippen molar-refractivity contribution in [3.8, 4) is 0 Å². The standard InChI is InChI=1S/C10H16FN2O13P3S/c1-10(11)7(14)5(24-8(10)13-3-2-6(30)12-9(13)15)4-23-28(19,20)26-29(21,22)25-27(16,17)18/h2-3,5,7-8,14H,4H2,1H3,(H,19,20)(H,21,22)(H,12,15,30)(H2,16,17,18)/t5-,7?,8-,10-/m1/s1. The lowest BCUT2D eigenvalue weighted by molar-refractivity contribution is -0.0604. The third-order valence-electron chi connectivity index (χ3n) is 3.64. The van der Waals surface area contributed by atoms with E-state index in [4.69, 9.17) is 31.6 Å². The van der Waals surface area contributed by atoms with E-state index < -0.39 is 59.9 Å². The van der Waals surface area contributed by atoms with Gasteiger partial charge in [-0.3, -0.25) is 14.1 Å². The summed E-state index contributed by atoms with van der Waals surface area (Å²) < 4.78 is 65.9. The van der Waals surface area contributed by atoms with E-state index in [-0.39, 0.29) is 4.64 Å². The topological polar surface area (TPSA) is 227 Å². The van der Waals surface area contributed by atoms with Crippen molar-refractivity contribution in [2.45, 2.75) is 31.0 Å². The molecule has 1 aliphatic heterocycles. The maximum atomic E-state index is 15.0. The van der Waals surface area contributed by atoms with Crippen LogP contribution < -0.4 is 5.69 Å². The van der Waals surface area contributed by atoms with Gasteiger partial charge in [0.05, 0.1) is 6.61 Å². The van der Waals surface area contributed by atoms with Crippen LogP contribution in [0.3, 0.4) is 0 Å². The first-order valence-electron chi connectivity index (χ1n) is 7.56. The number of phosphoric acid groups is 3. The summed E-state index contributed by atoms with van der Waals surface area (Å²) in [6.07, 6.45) is -4.32. The fourth-order valence-electron chi connectivity index (χ4n) is 2.43. The minimum atomic E-state index is -5.75. The van der Waals surface area contributed by atoms with Gasteiger partial charge in [0.2, 0.25) is 0 Å². The summed E-state index contributed by atoms with van der Waals surface area (Å²) in [4.78, 5) is 49.6. The number of aromatic amines is 1. The molecule has 0 radical (unpaired) electrons. The molecule has 2 heterocycles. The summed E-state index contributed by atoms with van der Waals surface area (Å²) in [6, 6.07) is 1.24. The van der Waals surface area contributed by atoms with Gasteiger partial charge < -0.3 is 29.4 Å². The molecule has 0 aromatic carbocycles. The van der Waals surface area contributed by atoms with Crippen molar-refractivity contribution in [3.05, 3.63) is 27.4 Å². The molecule has 30 heavy (non-hydrogen) atoms. The minimum absolute atomic E-state index is 0.0413. The average molecular weight is 516 g/mol. The number of aromatic nitrogens is 2. The molecular formula is C10H16FN2O13P3S. The Bertz CT molecular complexity index is 1050. The lowest BCUT2D eigenvalue weighted by atomic mass is 9.98. The first-order valence-corrected chi connectivity index (χ1v) is 12.5. The van der Waals surface area contributed by atoms with Gasteiger partial charge >= 0.3 is 29.2 Å². The van der Waals surface area contributed by atoms with Crippen LogP contribution in [0.1, 0.15) is 13.2 Å². The Balaban J connectivity index is 2.13. The summed E-state index contributed by atoms with van der Waals surface area (Å²) in [5.74, 6) is 0. The van der Waals surface area contributed by atoms with Crippen LogP contribution in [0.15, 0.2) is 17.1 Å². The monoisotopic (exact) mass is 516 g/mol. The van der Waals surface area contributed by atoms with E-state index in [0.29, 0.717) is 0 Å². The molecule has 0 bridgehead atoms. The second-order valence-electron chi connectivity index (χ2n) is 6.03. The predicted molar refractivity (Wildman–Crippen MR) is 95.1 cm³/mol. The molecule has 1 aliphatic rings. The number of hydrogen-bond donors (Lipinski definition) is 6. The molecule has 0 spiro atoms. The van der Waals surface area contributed by atoms with Crippen molar-refractivity contribution in [2.75, 3.05) is 6.61 Å². The lowest BCUT2D eigenvalue weighted by Crippen LogP contribution is -2.42. The predicted octanol–water partition coefficient (Wildman–Crippen LogP) is 0.236. The number of ether oxygens (including phenoxy) is 1. The Morgan fingerprint density at radius 2 is 1.87 bits per heavy atom. The Morgan fingerprint density at radius 3 is 2.40 bits per heavy atom. The SMILES string of the molecule is C[C@@]1(F)C(O)[C@@H](COP(=O)(O)OP(=O)(O)OP(=O)(O)O)O[C@H]1n1ccc(=S)[nH]c1=O. The van der Waals surface area contributed by atoms with Gasteiger partial charge in [0, 0.05) is 6.20 Å². The molecule has 172 valence electrons. The number of nitrogens with one attached hydrogen (secondary N) is 1. The molecule has 0 amide bonds. The third kappa shape index (κ3) is 6.43. The molecule has 6 atom stereocenters. The zero-order valence-electron chi connectivity index (χ0n) is 14.7. The highest BCUT2D eigenvalue weighted by atomic mass is 32.1. The van der Waals surface area contributed by atoms with Crippen molar-refractivity contribution in [3.63, 3.8) is 0 Å². The number of hydrogen-bond acceptors (Lipinski definition) is 10. The van der Waals surface area contributed by atoms with Gasteiger partial charge in [-0.2, -0.15) is 8.62 Å². The number of halogens is 1. The van der Waals surface area contributed by atoms with Crippen LogP contribution >= 0.6 is 35.7 Å². The molecule has 2 rings (SSSR count). The van der Waals surface area contributed by atoms with Crippen LogP contribution in [0, 0.1) is 4.64 Å². The van der Waals surface area contributed by atoms with E-state index in [9.17, 15) is 32.9 Å². The van der Waals surface area contributed by atoms with Crippen LogP contribution in [0.2, 0.25) is 0 Å². The molecule has 20 heteroatoms. The largest absolute Gasteiger partial charge is 0.490 e. The van der Waals surface area contributed by atoms with E-state index >= 15 is 0 Å². The number of rotatable bonds is 8. The molecular weight excluding hydrogens is 500 g/mol. The van der Waals surface area contributed by atoms with E-state index in [0.717, 1.165) is 17.7 Å². The Labute approximate surface area is 171 Å². The quantitative estimate of drug-likeness (QED) is 0.201. The Kier molecular flexibility index (Phi) is 7.44. The van der Waals surface area contributed by atoms with Gasteiger partial charge in [-0.1, -0.05) is 12.2 Å². The number of alkyl halides is 1. The highest BCUT2D eigenvalue weighted by Gasteiger charge is 2.56. The first kappa shape index (κ1) is 25.6. The second kappa shape index (κ2) is 8.71. The zero-order valence-corrected chi connectivity index (χ0v) is 18.2. The fraction of sp³-hybridized carbons (Fsp3) is 0.600. The molecule has 1 fully saturated rings. The van der Waals surface area contributed by atoms with Crippen molar-refractivity contribution >= 4 is 35.7 Å². The van der Waals surface area contributed by atoms with Crippen LogP contribution in [0.5, 0.6) is 0 Å². The number of aliphatic hydroxyl groups is 1. The molecule has 6 N–H and O–H groups in total. The summed E-state index contributed by atoms with van der Waals surface area (Å²) in [5.41, 5.74) is -3.48. The van der Waals surface area contributed by atoms with Crippen LogP contribution in [0.4, 0.5) is 4.39 Å². The molecule has 15 nitrogen and oxygen atoms in total. The average Bonchev–Trinajstić information content (AvgIpc) is 2.73. The smallest absolute Gasteiger partial charge is 0.387 e. The molecule has 3 unspecified atom stereocenters. The van der Waals surface area contributed by atoms with Crippen LogP contribution in [0.25, 0.3) is 0 Å². The number of phosphoric ester groups is 1. The van der Waals surface area contributed by atoms with Gasteiger partial charge in [-0.25, -0.2) is 22.9 Å². The van der Waals surface area contributed by atoms with E-state index in [1.165, 1.54) is 6.07 Å². The van der Waals surface area contributed by atoms with E-state index in [2.05, 4.69) is 18.1 Å². The molecule has 0 saturated carbocycles. The first-order chi connectivity index (χ1) is 13.4. The van der Waals surface area contributed by atoms with Crippen molar-refractivity contribution in [2.24, 2.45) is 0 Å². The highest BCUT2D eigenvalue weighted by Crippen LogP contribution is 2.66. The summed E-state index contributed by atoms with van der Waals surface area (Å²) in [5, 5.41) is 10.1. The van der Waals surface area contributed by atoms with Gasteiger partial charge in [0.1, 0.15) is 16.8 Å². The van der Waals surface area contributed by atoms with Gasteiger partial charge in [0.15, 0.2) is 11.9 Å². The van der Waals surface area contributed by atoms with Crippen molar-refractivity contribution in [1.29, 1.82) is 0 Å². The molecule has 1 aromatic rings. The minimum Gasteiger partial charge on any atom is -0.387 e. The normalized spacial score (nSPS) is 31.2. The van der Waals surface area contributed by atoms with Gasteiger partial charge in [0.25, 0.3) is 0 Å². The van der Waals surface area contributed by atoms with Crippen LogP contribution in [-0.4, -0.2) is 58.7 Å². The molecule has 1 aromatic heterocycles. The number of H-pyrrole nitrogens is 1. The number of aliphatic hydroxyl groups excluding tert-OH is 1. The lowest BCUT2D eigenvalue weighted by Gasteiger charge is -2.24. The second-order valence-corrected chi connectivity index (χ2v) is 10.9. The fourth-order valence-corrected chi connectivity index (χ4v) is 5.61. The van der Waals surface area contributed by atoms with E-state index in [1.807, 2.05) is 0 Å². The zero-order chi connectivity index (χ0) is 23.1. The molecule has 0 aliphatic carbocycles. The van der Waals surface area contributed by atoms with Crippen LogP contribution in [-0.2, 0) is 31.6 Å². The summed E-state index contributed by atoms with van der Waals surface area (Å²) >= 11 is 4.75. The molecule has 1 saturated heterocycles. The third-order valence-corrected chi connectivity index (χ3v) is 7.68. The van der Waals surface area contributed by atoms with E-state index in [1.54, 1.807) is 0 Å². The summed E-state index contributed by atoms with van der Waals surface area (Å²) in [7, 11) is -16.8.